The molecule has 196 valence electrons. The second-order valence-electron chi connectivity index (χ2n) is 7.94. The van der Waals surface area contributed by atoms with E-state index >= 15 is 0 Å². The quantitative estimate of drug-likeness (QED) is 0.114. The number of ether oxygens (including phenoxy) is 1. The van der Waals surface area contributed by atoms with Gasteiger partial charge in [-0.25, -0.2) is 5.43 Å². The lowest BCUT2D eigenvalue weighted by Crippen LogP contribution is -2.09. The van der Waals surface area contributed by atoms with Gasteiger partial charge in [-0.2, -0.15) is 20.1 Å². The van der Waals surface area contributed by atoms with Crippen LogP contribution in [0.4, 0.5) is 29.2 Å². The highest BCUT2D eigenvalue weighted by molar-refractivity contribution is 5.79. The maximum atomic E-state index is 11.3. The van der Waals surface area contributed by atoms with Crippen LogP contribution in [0.15, 0.2) is 93.0 Å². The predicted octanol–water partition coefficient (Wildman–Crippen LogP) is 5.44. The van der Waals surface area contributed by atoms with E-state index in [0.717, 1.165) is 11.4 Å². The summed E-state index contributed by atoms with van der Waals surface area (Å²) in [5, 5.41) is 21.7. The zero-order chi connectivity index (χ0) is 27.0. The van der Waals surface area contributed by atoms with Crippen LogP contribution in [0.5, 0.6) is 5.75 Å². The van der Waals surface area contributed by atoms with Crippen LogP contribution in [-0.4, -0.2) is 33.2 Å². The molecule has 39 heavy (non-hydrogen) atoms. The molecule has 13 heteroatoms. The average molecular weight is 527 g/mol. The van der Waals surface area contributed by atoms with Crippen molar-refractivity contribution in [3.63, 3.8) is 0 Å². The van der Waals surface area contributed by atoms with E-state index in [2.05, 4.69) is 36.1 Å². The molecule has 0 aliphatic heterocycles. The summed E-state index contributed by atoms with van der Waals surface area (Å²) in [6.45, 7) is 0.364. The molecule has 0 saturated heterocycles. The van der Waals surface area contributed by atoms with Crippen LogP contribution in [0.25, 0.3) is 11.3 Å². The zero-order valence-corrected chi connectivity index (χ0v) is 20.6. The molecule has 0 aliphatic carbocycles. The highest BCUT2D eigenvalue weighted by Gasteiger charge is 2.17. The number of nitro benzene ring substituents is 1. The second-order valence-corrected chi connectivity index (χ2v) is 7.94. The number of hydrogen-bond acceptors (Lipinski definition) is 12. The van der Waals surface area contributed by atoms with Crippen molar-refractivity contribution in [3.8, 4) is 17.1 Å². The number of hydrazone groups is 1. The molecule has 3 heterocycles. The fourth-order valence-electron chi connectivity index (χ4n) is 3.51. The van der Waals surface area contributed by atoms with Crippen LogP contribution < -0.4 is 20.8 Å². The van der Waals surface area contributed by atoms with Gasteiger partial charge in [0.05, 0.1) is 36.6 Å². The summed E-state index contributed by atoms with van der Waals surface area (Å²) in [6.07, 6.45) is 2.99. The first-order valence-corrected chi connectivity index (χ1v) is 11.6. The number of anilines is 4. The Balaban J connectivity index is 1.33. The number of nitrogens with one attached hydrogen (secondary N) is 3. The molecule has 2 aromatic carbocycles. The van der Waals surface area contributed by atoms with Gasteiger partial charge in [0.2, 0.25) is 17.8 Å². The van der Waals surface area contributed by atoms with Gasteiger partial charge >= 0.3 is 0 Å². The fourth-order valence-corrected chi connectivity index (χ4v) is 3.51. The average Bonchev–Trinajstić information content (AvgIpc) is 3.65. The molecule has 5 aromatic rings. The van der Waals surface area contributed by atoms with E-state index < -0.39 is 4.92 Å². The number of hydrogen-bond donors (Lipinski definition) is 3. The lowest BCUT2D eigenvalue weighted by molar-refractivity contribution is -0.384. The molecule has 13 nitrogen and oxygen atoms in total. The number of furan rings is 2. The van der Waals surface area contributed by atoms with Crippen molar-refractivity contribution in [2.75, 3.05) is 23.2 Å². The Labute approximate surface area is 221 Å². The van der Waals surface area contributed by atoms with Crippen LogP contribution in [0.3, 0.4) is 0 Å². The monoisotopic (exact) mass is 526 g/mol. The molecule has 0 aliphatic rings. The first kappa shape index (κ1) is 25.0. The third kappa shape index (κ3) is 6.35. The van der Waals surface area contributed by atoms with Crippen LogP contribution in [0.2, 0.25) is 0 Å². The third-order valence-corrected chi connectivity index (χ3v) is 5.33. The number of aromatic nitrogens is 3. The zero-order valence-electron chi connectivity index (χ0n) is 20.6. The smallest absolute Gasteiger partial charge is 0.280 e. The number of methoxy groups -OCH3 is 1. The molecule has 0 unspecified atom stereocenters. The molecule has 0 amide bonds. The molecule has 0 radical (unpaired) electrons. The van der Waals surface area contributed by atoms with E-state index in [1.807, 2.05) is 30.3 Å². The van der Waals surface area contributed by atoms with Gasteiger partial charge in [0.1, 0.15) is 23.0 Å². The van der Waals surface area contributed by atoms with Gasteiger partial charge in [0.15, 0.2) is 0 Å². The van der Waals surface area contributed by atoms with Crippen molar-refractivity contribution < 1.29 is 18.5 Å². The number of benzene rings is 2. The minimum absolute atomic E-state index is 0.0508. The number of nitro groups is 1. The number of para-hydroxylation sites is 1. The summed E-state index contributed by atoms with van der Waals surface area (Å²) in [4.78, 5) is 24.0. The van der Waals surface area contributed by atoms with Crippen molar-refractivity contribution >= 4 is 35.4 Å². The van der Waals surface area contributed by atoms with E-state index in [-0.39, 0.29) is 23.5 Å². The van der Waals surface area contributed by atoms with E-state index in [1.54, 1.807) is 49.8 Å². The van der Waals surface area contributed by atoms with Gasteiger partial charge in [-0.1, -0.05) is 12.1 Å². The molecule has 3 N–H and O–H groups in total. The van der Waals surface area contributed by atoms with Crippen molar-refractivity contribution in [2.45, 2.75) is 6.54 Å². The summed E-state index contributed by atoms with van der Waals surface area (Å²) in [5.74, 6) is 2.86. The molecule has 0 fully saturated rings. The van der Waals surface area contributed by atoms with Crippen molar-refractivity contribution in [1.82, 2.24) is 15.0 Å². The van der Waals surface area contributed by atoms with Gasteiger partial charge in [0, 0.05) is 11.8 Å². The second kappa shape index (κ2) is 11.6. The molecule has 0 bridgehead atoms. The molecule has 3 aromatic heterocycles. The summed E-state index contributed by atoms with van der Waals surface area (Å²) in [5.41, 5.74) is 3.83. The van der Waals surface area contributed by atoms with Crippen LogP contribution >= 0.6 is 0 Å². The van der Waals surface area contributed by atoms with Gasteiger partial charge in [-0.15, -0.1) is 0 Å². The van der Waals surface area contributed by atoms with Crippen LogP contribution in [-0.2, 0) is 6.54 Å². The molecule has 5 rings (SSSR count). The Morgan fingerprint density at radius 2 is 1.77 bits per heavy atom. The van der Waals surface area contributed by atoms with Gasteiger partial charge in [0.25, 0.3) is 5.69 Å². The molecule has 0 atom stereocenters. The fraction of sp³-hybridized carbons (Fsp3) is 0.0769. The Morgan fingerprint density at radius 1 is 0.974 bits per heavy atom. The Morgan fingerprint density at radius 3 is 2.54 bits per heavy atom. The largest absolute Gasteiger partial charge is 0.497 e. The lowest BCUT2D eigenvalue weighted by atomic mass is 10.1. The lowest BCUT2D eigenvalue weighted by Gasteiger charge is -2.10. The number of nitrogens with zero attached hydrogens (tertiary/aromatic N) is 5. The van der Waals surface area contributed by atoms with Crippen LogP contribution in [0, 0.1) is 10.1 Å². The first-order chi connectivity index (χ1) is 19.1. The van der Waals surface area contributed by atoms with Crippen molar-refractivity contribution in [2.24, 2.45) is 5.10 Å². The van der Waals surface area contributed by atoms with Gasteiger partial charge in [-0.05, 0) is 54.6 Å². The predicted molar refractivity (Wildman–Crippen MR) is 144 cm³/mol. The maximum absolute atomic E-state index is 11.3. The Hall–Kier alpha value is -5.72. The van der Waals surface area contributed by atoms with Crippen molar-refractivity contribution in [3.05, 3.63) is 101 Å². The van der Waals surface area contributed by atoms with Gasteiger partial charge < -0.3 is 24.2 Å². The maximum Gasteiger partial charge on any atom is 0.280 e. The summed E-state index contributed by atoms with van der Waals surface area (Å²) < 4.78 is 16.3. The highest BCUT2D eigenvalue weighted by Crippen LogP contribution is 2.30. The number of rotatable bonds is 11. The minimum atomic E-state index is -0.455. The van der Waals surface area contributed by atoms with E-state index in [0.29, 0.717) is 29.4 Å². The minimum Gasteiger partial charge on any atom is -0.497 e. The molecule has 0 saturated carbocycles. The van der Waals surface area contributed by atoms with E-state index in [4.69, 9.17) is 13.6 Å². The molecular weight excluding hydrogens is 504 g/mol. The first-order valence-electron chi connectivity index (χ1n) is 11.6. The Kier molecular flexibility index (Phi) is 7.39. The molecular formula is C26H22N8O5. The third-order valence-electron chi connectivity index (χ3n) is 5.33. The van der Waals surface area contributed by atoms with E-state index in [9.17, 15) is 10.1 Å². The van der Waals surface area contributed by atoms with Gasteiger partial charge in [-0.3, -0.25) is 10.1 Å². The summed E-state index contributed by atoms with van der Waals surface area (Å²) in [6, 6.07) is 20.5. The molecule has 0 spiro atoms. The summed E-state index contributed by atoms with van der Waals surface area (Å²) in [7, 11) is 1.60. The topological polar surface area (TPSA) is 166 Å². The van der Waals surface area contributed by atoms with E-state index in [1.165, 1.54) is 12.3 Å². The SMILES string of the molecule is COc1ccc(Nc2nc(NCc3ccco3)nc(N/N=C/c3ccc(-c4ccccc4[N+](=O)[O-])o3)n2)cc1. The summed E-state index contributed by atoms with van der Waals surface area (Å²) >= 11 is 0. The van der Waals surface area contributed by atoms with Crippen LogP contribution in [0.1, 0.15) is 11.5 Å². The van der Waals surface area contributed by atoms with Crippen molar-refractivity contribution in [1.29, 1.82) is 0 Å². The highest BCUT2D eigenvalue weighted by atomic mass is 16.6. The normalized spacial score (nSPS) is 10.9. The standard InChI is InChI=1S/C26H22N8O5/c1-37-18-10-8-17(9-11-18)29-25-30-24(27-15-19-5-4-14-38-19)31-26(32-25)33-28-16-20-12-13-23(39-20)21-6-2-3-7-22(21)34(35)36/h2-14,16H,15H2,1H3,(H3,27,29,30,31,32,33)/b28-16+. The Bertz CT molecular complexity index is 1580.